The van der Waals surface area contributed by atoms with Crippen LogP contribution in [0.1, 0.15) is 52.2 Å². The second kappa shape index (κ2) is 28.2. The SMILES string of the molecule is Cc1cc(NC(=O)NCCc2cn3c(-c4cnn(C)c4)cnc3c(Nc3cc(C)ns3)n2)sn1.Cc1cc(Nc2nc(CCNC(N)=O)cn3c(-c4cnn(C)c4)cnc23)sn1.Cn1cc(-c2cnc3c(Nc4cc(C5CCN(S(C)(=O)=O)C5)ns4)nc(CCN)cn23)cn1. The van der Waals surface area contributed by atoms with Crippen molar-refractivity contribution in [2.24, 2.45) is 32.6 Å². The molecule has 1 fully saturated rings. The summed E-state index contributed by atoms with van der Waals surface area (Å²) in [6.45, 7) is 8.05. The van der Waals surface area contributed by atoms with Gasteiger partial charge in [0, 0.05) is 126 Å². The van der Waals surface area contributed by atoms with Crippen molar-refractivity contribution in [3.8, 4) is 33.8 Å². The molecule has 1 aliphatic rings. The highest BCUT2D eigenvalue weighted by molar-refractivity contribution is 7.88. The fourth-order valence-corrected chi connectivity index (χ4v) is 14.0. The Bertz CT molecular complexity index is 4990. The Morgan fingerprint density at radius 2 is 0.968 bits per heavy atom. The summed E-state index contributed by atoms with van der Waals surface area (Å²) in [6, 6.07) is 6.89. The van der Waals surface area contributed by atoms with Gasteiger partial charge in [-0.05, 0) is 104 Å². The molecule has 1 saturated heterocycles. The fourth-order valence-electron chi connectivity index (χ4n) is 10.4. The summed E-state index contributed by atoms with van der Waals surface area (Å²) < 4.78 is 53.8. The lowest BCUT2D eigenvalue weighted by Gasteiger charge is -2.12. The third-order valence-electron chi connectivity index (χ3n) is 14.8. The number of urea groups is 2. The fraction of sp³-hybridized carbons (Fsp3) is 0.293. The van der Waals surface area contributed by atoms with Crippen molar-refractivity contribution in [2.75, 3.05) is 60.2 Å². The zero-order valence-electron chi connectivity index (χ0n) is 52.5. The number of fused-ring (bicyclic) bond motifs is 3. The Morgan fingerprint density at radius 3 is 1.35 bits per heavy atom. The predicted molar refractivity (Wildman–Crippen MR) is 367 cm³/mol. The minimum atomic E-state index is -3.18. The number of hydrogen-bond acceptors (Lipinski definition) is 25. The van der Waals surface area contributed by atoms with Crippen molar-refractivity contribution >= 4 is 123 Å². The average Bonchev–Trinajstić information content (AvgIpc) is 1.67. The number of primary amides is 1. The highest BCUT2D eigenvalue weighted by Gasteiger charge is 2.31. The first-order chi connectivity index (χ1) is 45.7. The van der Waals surface area contributed by atoms with Crippen molar-refractivity contribution in [3.05, 3.63) is 138 Å². The minimum absolute atomic E-state index is 0.0895. The van der Waals surface area contributed by atoms with E-state index in [1.165, 1.54) is 56.7 Å². The molecule has 1 aliphatic heterocycles. The topological polar surface area (TPSA) is 391 Å². The maximum atomic E-state index is 12.2. The van der Waals surface area contributed by atoms with Crippen molar-refractivity contribution in [1.29, 1.82) is 0 Å². The smallest absolute Gasteiger partial charge is 0.319 e. The van der Waals surface area contributed by atoms with E-state index in [-0.39, 0.29) is 11.9 Å². The van der Waals surface area contributed by atoms with E-state index in [4.69, 9.17) is 21.4 Å². The Balaban J connectivity index is 0.000000137. The standard InChI is InChI=1S/C21H22N10OS2.C20H25N9O2S2.C17H19N9OS/c1-12-6-17(33-28-12)26-19-20-23-9-16(14-8-24-30(3)10-14)31(20)11-15(25-19)4-5-22-21(32)27-18-7-13(2)29-34-18;1-27-10-14(8-23-27)17-9-22-20-19(24-15(3-5-21)12-29(17)20)25-18-7-16(26-32-18)13-4-6-28(11-13)33(2,30)31;1-10-5-14(28-24-10)23-15-16-20-7-13(11-6-21-25(2)8-11)26(16)9-12(22-15)3-4-19-17(18)27/h6-11H,4-5H2,1-3H3,(H,25,26)(H2,22,27,32);7-10,12-13H,3-6,11,21H2,1-2H3,(H,24,25);5-9H,3-4H2,1-2H3,(H,22,23)(H3,18,19,27). The Morgan fingerprint density at radius 1 is 0.558 bits per heavy atom. The van der Waals surface area contributed by atoms with Gasteiger partial charge in [0.1, 0.15) is 20.0 Å². The monoisotopic (exact) mass is 1380 g/mol. The summed E-state index contributed by atoms with van der Waals surface area (Å²) >= 11 is 5.31. The molecule has 95 heavy (non-hydrogen) atoms. The molecule has 4 amide bonds. The van der Waals surface area contributed by atoms with E-state index in [1.807, 2.05) is 129 Å². The lowest BCUT2D eigenvalue weighted by atomic mass is 10.1. The number of aryl methyl sites for hydroxylation is 6. The predicted octanol–water partition coefficient (Wildman–Crippen LogP) is 7.20. The van der Waals surface area contributed by atoms with E-state index in [9.17, 15) is 18.0 Å². The Kier molecular flexibility index (Phi) is 19.3. The number of carbonyl (C=O) groups is 2. The number of anilines is 7. The summed E-state index contributed by atoms with van der Waals surface area (Å²) in [5.74, 6) is 1.96. The van der Waals surface area contributed by atoms with Gasteiger partial charge in [0.25, 0.3) is 0 Å². The molecule has 492 valence electrons. The van der Waals surface area contributed by atoms with Crippen LogP contribution in [-0.2, 0) is 50.4 Å². The van der Waals surface area contributed by atoms with E-state index < -0.39 is 16.1 Å². The maximum absolute atomic E-state index is 12.2. The summed E-state index contributed by atoms with van der Waals surface area (Å²) in [5.41, 5.74) is 24.7. The summed E-state index contributed by atoms with van der Waals surface area (Å²) in [4.78, 5) is 51.2. The zero-order valence-corrected chi connectivity index (χ0v) is 56.5. The number of carbonyl (C=O) groups excluding carboxylic acids is 2. The van der Waals surface area contributed by atoms with E-state index in [0.717, 1.165) is 95.1 Å². The number of nitrogens with one attached hydrogen (secondary N) is 6. The molecule has 10 N–H and O–H groups in total. The summed E-state index contributed by atoms with van der Waals surface area (Å²) in [6.07, 6.45) is 26.1. The molecule has 1 atom stereocenters. The molecule has 32 nitrogen and oxygen atoms in total. The number of nitrogens with zero attached hydrogens (tertiary/aromatic N) is 20. The van der Waals surface area contributed by atoms with Crippen LogP contribution in [0.15, 0.2) is 98.6 Å². The van der Waals surface area contributed by atoms with Gasteiger partial charge < -0.3 is 38.1 Å². The van der Waals surface area contributed by atoms with Crippen LogP contribution in [0.4, 0.5) is 47.0 Å². The van der Waals surface area contributed by atoms with Gasteiger partial charge in [-0.25, -0.2) is 52.2 Å². The number of nitrogens with two attached hydrogens (primary N) is 2. The van der Waals surface area contributed by atoms with E-state index >= 15 is 0 Å². The lowest BCUT2D eigenvalue weighted by molar-refractivity contribution is 0.249. The average molecular weight is 1380 g/mol. The van der Waals surface area contributed by atoms with Crippen molar-refractivity contribution in [3.63, 3.8) is 0 Å². The third-order valence-corrected chi connectivity index (χ3v) is 19.2. The van der Waals surface area contributed by atoms with Crippen LogP contribution in [0.25, 0.3) is 50.7 Å². The van der Waals surface area contributed by atoms with E-state index in [0.29, 0.717) is 91.4 Å². The molecule has 14 rings (SSSR count). The molecular formula is C58H66N28O4S5. The van der Waals surface area contributed by atoms with Crippen LogP contribution in [0, 0.1) is 20.8 Å². The number of amides is 4. The van der Waals surface area contributed by atoms with Crippen LogP contribution in [0.2, 0.25) is 0 Å². The second-order valence-electron chi connectivity index (χ2n) is 22.3. The van der Waals surface area contributed by atoms with Crippen LogP contribution >= 0.6 is 46.1 Å². The molecule has 0 bridgehead atoms. The molecule has 1 unspecified atom stereocenters. The van der Waals surface area contributed by atoms with Crippen LogP contribution < -0.4 is 43.4 Å². The van der Waals surface area contributed by atoms with Crippen LogP contribution in [0.3, 0.4) is 0 Å². The highest BCUT2D eigenvalue weighted by Crippen LogP contribution is 2.35. The van der Waals surface area contributed by atoms with Gasteiger partial charge in [-0.15, -0.1) is 0 Å². The molecule has 0 aromatic carbocycles. The van der Waals surface area contributed by atoms with Gasteiger partial charge >= 0.3 is 12.1 Å². The van der Waals surface area contributed by atoms with E-state index in [2.05, 4.69) is 84.6 Å². The molecule has 0 spiro atoms. The molecular weight excluding hydrogens is 1310 g/mol. The van der Waals surface area contributed by atoms with Gasteiger partial charge in [-0.2, -0.15) is 32.8 Å². The van der Waals surface area contributed by atoms with Crippen LogP contribution in [0.5, 0.6) is 0 Å². The molecule has 0 aliphatic carbocycles. The third kappa shape index (κ3) is 15.6. The quantitative estimate of drug-likeness (QED) is 0.0374. The number of imidazole rings is 3. The number of aromatic nitrogens is 19. The molecule has 13 aromatic heterocycles. The van der Waals surface area contributed by atoms with Crippen LogP contribution in [-0.4, -0.2) is 154 Å². The van der Waals surface area contributed by atoms with Crippen molar-refractivity contribution < 1.29 is 18.0 Å². The minimum Gasteiger partial charge on any atom is -0.352 e. The molecule has 13 aromatic rings. The first-order valence-corrected chi connectivity index (χ1v) is 34.6. The molecule has 37 heteroatoms. The van der Waals surface area contributed by atoms with Crippen molar-refractivity contribution in [1.82, 2.24) is 105 Å². The molecule has 0 radical (unpaired) electrons. The van der Waals surface area contributed by atoms with Gasteiger partial charge in [0.2, 0.25) is 10.0 Å². The zero-order chi connectivity index (χ0) is 66.5. The highest BCUT2D eigenvalue weighted by atomic mass is 32.2. The van der Waals surface area contributed by atoms with Gasteiger partial charge in [0.15, 0.2) is 34.4 Å². The largest absolute Gasteiger partial charge is 0.352 e. The van der Waals surface area contributed by atoms with Crippen molar-refractivity contribution in [2.45, 2.75) is 52.4 Å². The summed E-state index contributed by atoms with van der Waals surface area (Å²) in [7, 11) is 2.44. The molecule has 0 saturated carbocycles. The maximum Gasteiger partial charge on any atom is 0.319 e. The van der Waals surface area contributed by atoms with Gasteiger partial charge in [0.05, 0.1) is 100 Å². The normalized spacial score (nSPS) is 13.2. The number of sulfonamides is 1. The Labute approximate surface area is 559 Å². The van der Waals surface area contributed by atoms with E-state index in [1.54, 1.807) is 38.8 Å². The number of rotatable bonds is 20. The lowest BCUT2D eigenvalue weighted by Crippen LogP contribution is -2.31. The second-order valence-corrected chi connectivity index (χ2v) is 27.5. The Hall–Kier alpha value is -10.2. The van der Waals surface area contributed by atoms with Gasteiger partial charge in [-0.3, -0.25) is 32.6 Å². The number of hydrogen-bond donors (Lipinski definition) is 8. The summed E-state index contributed by atoms with van der Waals surface area (Å²) in [5, 5.41) is 34.4. The first kappa shape index (κ1) is 64.9. The first-order valence-electron chi connectivity index (χ1n) is 29.6. The van der Waals surface area contributed by atoms with Gasteiger partial charge in [-0.1, -0.05) is 0 Å². The molecule has 14 heterocycles.